The minimum Gasteiger partial charge on any atom is -0.292 e. The number of aromatic nitrogens is 2. The molecule has 0 N–H and O–H groups in total. The highest BCUT2D eigenvalue weighted by atomic mass is 32.2. The van der Waals surface area contributed by atoms with Crippen LogP contribution in [0, 0.1) is 0 Å². The van der Waals surface area contributed by atoms with Gasteiger partial charge in [0.1, 0.15) is 9.84 Å². The average Bonchev–Trinajstić information content (AvgIpc) is 2.89. The lowest BCUT2D eigenvalue weighted by Crippen LogP contribution is -2.55. The summed E-state index contributed by atoms with van der Waals surface area (Å²) in [5.41, 5.74) is 1.10. The van der Waals surface area contributed by atoms with Crippen molar-refractivity contribution < 1.29 is 8.42 Å². The number of piperidine rings is 1. The van der Waals surface area contributed by atoms with Crippen molar-refractivity contribution in [2.24, 2.45) is 0 Å². The second-order valence-corrected chi connectivity index (χ2v) is 8.56. The molecule has 2 saturated heterocycles. The first-order chi connectivity index (χ1) is 9.10. The summed E-state index contributed by atoms with van der Waals surface area (Å²) in [4.78, 5) is 2.46. The lowest BCUT2D eigenvalue weighted by Gasteiger charge is -2.49. The van der Waals surface area contributed by atoms with E-state index in [0.717, 1.165) is 38.0 Å². The number of hydrogen-bond acceptors (Lipinski definition) is 6. The van der Waals surface area contributed by atoms with Gasteiger partial charge in [0, 0.05) is 17.5 Å². The summed E-state index contributed by atoms with van der Waals surface area (Å²) in [6, 6.07) is 0. The third kappa shape index (κ3) is 2.83. The Morgan fingerprint density at radius 2 is 2.05 bits per heavy atom. The molecule has 2 fully saturated rings. The van der Waals surface area contributed by atoms with E-state index >= 15 is 0 Å². The fourth-order valence-corrected chi connectivity index (χ4v) is 5.36. The Kier molecular flexibility index (Phi) is 3.61. The first kappa shape index (κ1) is 13.5. The Labute approximate surface area is 118 Å². The molecule has 0 saturated carbocycles. The average molecular weight is 301 g/mol. The Balaban J connectivity index is 1.77. The third-order valence-electron chi connectivity index (χ3n) is 4.51. The minimum atomic E-state index is -2.80. The molecule has 0 amide bonds. The number of hydrogen-bond donors (Lipinski definition) is 0. The maximum Gasteiger partial charge on any atom is 0.150 e. The molecular weight excluding hydrogens is 282 g/mol. The molecule has 0 aliphatic carbocycles. The van der Waals surface area contributed by atoms with Crippen LogP contribution in [0.15, 0.2) is 5.38 Å². The SMILES string of the molecule is O=S1(=O)CCC2(CCCCN2Cc2csnn2)CC1. The van der Waals surface area contributed by atoms with Crippen LogP contribution in [0.25, 0.3) is 0 Å². The van der Waals surface area contributed by atoms with Gasteiger partial charge in [0.2, 0.25) is 0 Å². The van der Waals surface area contributed by atoms with Gasteiger partial charge in [-0.25, -0.2) is 8.42 Å². The molecule has 1 aromatic rings. The third-order valence-corrected chi connectivity index (χ3v) is 6.71. The molecule has 5 nitrogen and oxygen atoms in total. The zero-order chi connectivity index (χ0) is 13.3. The smallest absolute Gasteiger partial charge is 0.150 e. The fraction of sp³-hybridized carbons (Fsp3) is 0.833. The predicted octanol–water partition coefficient (Wildman–Crippen LogP) is 1.47. The second kappa shape index (κ2) is 5.10. The van der Waals surface area contributed by atoms with Gasteiger partial charge in [0.25, 0.3) is 0 Å². The summed E-state index contributed by atoms with van der Waals surface area (Å²) >= 11 is 1.38. The van der Waals surface area contributed by atoms with Crippen LogP contribution >= 0.6 is 11.5 Å². The Hall–Kier alpha value is -0.530. The molecule has 2 aliphatic heterocycles. The van der Waals surface area contributed by atoms with E-state index in [1.807, 2.05) is 5.38 Å². The summed E-state index contributed by atoms with van der Waals surface area (Å²) in [6.45, 7) is 1.87. The van der Waals surface area contributed by atoms with Crippen molar-refractivity contribution in [2.45, 2.75) is 44.2 Å². The van der Waals surface area contributed by atoms with Crippen LogP contribution < -0.4 is 0 Å². The van der Waals surface area contributed by atoms with E-state index in [1.165, 1.54) is 24.4 Å². The molecule has 0 aromatic carbocycles. The molecule has 3 rings (SSSR count). The normalized spacial score (nSPS) is 26.5. The van der Waals surface area contributed by atoms with Crippen molar-refractivity contribution >= 4 is 21.4 Å². The van der Waals surface area contributed by atoms with Crippen LogP contribution in [0.4, 0.5) is 0 Å². The van der Waals surface area contributed by atoms with E-state index in [1.54, 1.807) is 0 Å². The molecular formula is C12H19N3O2S2. The molecule has 0 bridgehead atoms. The van der Waals surface area contributed by atoms with Crippen molar-refractivity contribution in [2.75, 3.05) is 18.1 Å². The van der Waals surface area contributed by atoms with Gasteiger partial charge in [0.15, 0.2) is 0 Å². The zero-order valence-corrected chi connectivity index (χ0v) is 12.5. The van der Waals surface area contributed by atoms with E-state index < -0.39 is 9.84 Å². The van der Waals surface area contributed by atoms with Crippen LogP contribution in [0.3, 0.4) is 0 Å². The minimum absolute atomic E-state index is 0.0905. The molecule has 0 unspecified atom stereocenters. The highest BCUT2D eigenvalue weighted by Gasteiger charge is 2.43. The largest absolute Gasteiger partial charge is 0.292 e. The predicted molar refractivity (Wildman–Crippen MR) is 74.8 cm³/mol. The zero-order valence-electron chi connectivity index (χ0n) is 10.9. The van der Waals surface area contributed by atoms with E-state index in [0.29, 0.717) is 11.5 Å². The maximum absolute atomic E-state index is 11.7. The first-order valence-electron chi connectivity index (χ1n) is 6.81. The topological polar surface area (TPSA) is 63.2 Å². The van der Waals surface area contributed by atoms with Gasteiger partial charge in [-0.1, -0.05) is 10.9 Å². The molecule has 0 radical (unpaired) electrons. The van der Waals surface area contributed by atoms with Gasteiger partial charge >= 0.3 is 0 Å². The molecule has 0 atom stereocenters. The lowest BCUT2D eigenvalue weighted by molar-refractivity contribution is 0.0289. The molecule has 1 spiro atoms. The Bertz CT molecular complexity index is 513. The van der Waals surface area contributed by atoms with Gasteiger partial charge in [0.05, 0.1) is 17.2 Å². The highest BCUT2D eigenvalue weighted by Crippen LogP contribution is 2.38. The molecule has 7 heteroatoms. The monoisotopic (exact) mass is 301 g/mol. The van der Waals surface area contributed by atoms with Crippen LogP contribution in [-0.4, -0.2) is 46.5 Å². The van der Waals surface area contributed by atoms with Crippen molar-refractivity contribution in [1.82, 2.24) is 14.5 Å². The summed E-state index contributed by atoms with van der Waals surface area (Å²) in [6.07, 6.45) is 5.11. The fourth-order valence-electron chi connectivity index (χ4n) is 3.33. The van der Waals surface area contributed by atoms with Crippen molar-refractivity contribution in [3.8, 4) is 0 Å². The molecule has 2 aliphatic rings. The molecule has 3 heterocycles. The van der Waals surface area contributed by atoms with Crippen molar-refractivity contribution in [1.29, 1.82) is 0 Å². The van der Waals surface area contributed by atoms with Crippen LogP contribution in [-0.2, 0) is 16.4 Å². The standard InChI is InChI=1S/C12H19N3O2S2/c16-19(17)7-4-12(5-8-19)3-1-2-6-15(12)9-11-10-18-14-13-11/h10H,1-9H2. The maximum atomic E-state index is 11.7. The molecule has 106 valence electrons. The van der Waals surface area contributed by atoms with Gasteiger partial charge in [-0.3, -0.25) is 4.90 Å². The molecule has 1 aromatic heterocycles. The van der Waals surface area contributed by atoms with Crippen LogP contribution in [0.5, 0.6) is 0 Å². The van der Waals surface area contributed by atoms with Crippen molar-refractivity contribution in [3.63, 3.8) is 0 Å². The Morgan fingerprint density at radius 1 is 1.26 bits per heavy atom. The first-order valence-corrected chi connectivity index (χ1v) is 9.47. The highest BCUT2D eigenvalue weighted by molar-refractivity contribution is 7.91. The van der Waals surface area contributed by atoms with Crippen LogP contribution in [0.1, 0.15) is 37.8 Å². The quantitative estimate of drug-likeness (QED) is 0.828. The summed E-state index contributed by atoms with van der Waals surface area (Å²) in [5.74, 6) is 0.692. The van der Waals surface area contributed by atoms with E-state index in [4.69, 9.17) is 0 Å². The van der Waals surface area contributed by atoms with E-state index in [9.17, 15) is 8.42 Å². The number of sulfone groups is 1. The van der Waals surface area contributed by atoms with Gasteiger partial charge in [-0.2, -0.15) is 0 Å². The van der Waals surface area contributed by atoms with Crippen molar-refractivity contribution in [3.05, 3.63) is 11.1 Å². The van der Waals surface area contributed by atoms with E-state index in [2.05, 4.69) is 14.5 Å². The number of likely N-dealkylation sites (tertiary alicyclic amines) is 1. The summed E-state index contributed by atoms with van der Waals surface area (Å²) in [5, 5.41) is 6.11. The molecule has 19 heavy (non-hydrogen) atoms. The van der Waals surface area contributed by atoms with E-state index in [-0.39, 0.29) is 5.54 Å². The lowest BCUT2D eigenvalue weighted by atomic mass is 9.81. The summed E-state index contributed by atoms with van der Waals surface area (Å²) in [7, 11) is -2.80. The van der Waals surface area contributed by atoms with Gasteiger partial charge in [-0.05, 0) is 43.8 Å². The Morgan fingerprint density at radius 3 is 2.74 bits per heavy atom. The number of nitrogens with zero attached hydrogens (tertiary/aromatic N) is 3. The summed E-state index contributed by atoms with van der Waals surface area (Å²) < 4.78 is 27.2. The number of rotatable bonds is 2. The van der Waals surface area contributed by atoms with Crippen LogP contribution in [0.2, 0.25) is 0 Å². The van der Waals surface area contributed by atoms with Gasteiger partial charge < -0.3 is 0 Å². The van der Waals surface area contributed by atoms with Gasteiger partial charge in [-0.15, -0.1) is 5.10 Å². The second-order valence-electron chi connectivity index (χ2n) is 5.65.